The standard InChI is InChI=1S/C11H16FNO/c1-11(2,13)6-9-5-8(7-14)3-4-10(9)12/h3-5,14H,6-7,13H2,1-2H3. The predicted octanol–water partition coefficient (Wildman–Crippen LogP) is 1.60. The number of hydrogen-bond acceptors (Lipinski definition) is 2. The first-order valence-electron chi connectivity index (χ1n) is 4.59. The van der Waals surface area contributed by atoms with E-state index < -0.39 is 5.54 Å². The molecule has 0 amide bonds. The van der Waals surface area contributed by atoms with Gasteiger partial charge in [-0.15, -0.1) is 0 Å². The maximum atomic E-state index is 13.3. The Morgan fingerprint density at radius 2 is 2.07 bits per heavy atom. The molecule has 14 heavy (non-hydrogen) atoms. The van der Waals surface area contributed by atoms with Crippen LogP contribution in [-0.4, -0.2) is 10.6 Å². The van der Waals surface area contributed by atoms with Crippen LogP contribution < -0.4 is 5.73 Å². The molecule has 0 radical (unpaired) electrons. The van der Waals surface area contributed by atoms with E-state index in [9.17, 15) is 4.39 Å². The van der Waals surface area contributed by atoms with E-state index in [1.54, 1.807) is 12.1 Å². The zero-order chi connectivity index (χ0) is 10.8. The van der Waals surface area contributed by atoms with Crippen molar-refractivity contribution in [1.29, 1.82) is 0 Å². The lowest BCUT2D eigenvalue weighted by atomic mass is 9.95. The second kappa shape index (κ2) is 4.07. The van der Waals surface area contributed by atoms with E-state index in [2.05, 4.69) is 0 Å². The molecule has 1 aromatic rings. The second-order valence-electron chi connectivity index (χ2n) is 4.25. The quantitative estimate of drug-likeness (QED) is 0.773. The highest BCUT2D eigenvalue weighted by Crippen LogP contribution is 2.16. The van der Waals surface area contributed by atoms with E-state index in [0.717, 1.165) is 0 Å². The SMILES string of the molecule is CC(C)(N)Cc1cc(CO)ccc1F. The van der Waals surface area contributed by atoms with Crippen LogP contribution in [0.25, 0.3) is 0 Å². The summed E-state index contributed by atoms with van der Waals surface area (Å²) in [5, 5.41) is 8.90. The van der Waals surface area contributed by atoms with E-state index in [0.29, 0.717) is 17.5 Å². The van der Waals surface area contributed by atoms with E-state index in [1.807, 2.05) is 13.8 Å². The Balaban J connectivity index is 2.95. The number of benzene rings is 1. The van der Waals surface area contributed by atoms with Crippen molar-refractivity contribution in [2.45, 2.75) is 32.4 Å². The molecule has 0 aliphatic carbocycles. The number of aliphatic hydroxyl groups excluding tert-OH is 1. The van der Waals surface area contributed by atoms with Gasteiger partial charge in [0, 0.05) is 5.54 Å². The Morgan fingerprint density at radius 3 is 2.57 bits per heavy atom. The third kappa shape index (κ3) is 3.09. The molecule has 1 aromatic carbocycles. The summed E-state index contributed by atoms with van der Waals surface area (Å²) in [5.41, 5.74) is 6.64. The summed E-state index contributed by atoms with van der Waals surface area (Å²) in [5.74, 6) is -0.263. The van der Waals surface area contributed by atoms with Crippen LogP contribution in [0.4, 0.5) is 4.39 Å². The van der Waals surface area contributed by atoms with E-state index in [-0.39, 0.29) is 12.4 Å². The molecule has 3 N–H and O–H groups in total. The number of aliphatic hydroxyl groups is 1. The van der Waals surface area contributed by atoms with Gasteiger partial charge in [-0.3, -0.25) is 0 Å². The van der Waals surface area contributed by atoms with Crippen LogP contribution in [-0.2, 0) is 13.0 Å². The van der Waals surface area contributed by atoms with Gasteiger partial charge in [-0.2, -0.15) is 0 Å². The molecule has 2 nitrogen and oxygen atoms in total. The van der Waals surface area contributed by atoms with Crippen LogP contribution in [0.3, 0.4) is 0 Å². The molecule has 0 atom stereocenters. The summed E-state index contributed by atoms with van der Waals surface area (Å²) in [6, 6.07) is 4.60. The summed E-state index contributed by atoms with van der Waals surface area (Å²) in [6.45, 7) is 3.62. The molecular weight excluding hydrogens is 181 g/mol. The van der Waals surface area contributed by atoms with E-state index >= 15 is 0 Å². The number of halogens is 1. The highest BCUT2D eigenvalue weighted by molar-refractivity contribution is 5.26. The summed E-state index contributed by atoms with van der Waals surface area (Å²) < 4.78 is 13.3. The molecule has 0 fully saturated rings. The van der Waals surface area contributed by atoms with Crippen LogP contribution in [0.1, 0.15) is 25.0 Å². The van der Waals surface area contributed by atoms with Crippen molar-refractivity contribution in [3.63, 3.8) is 0 Å². The second-order valence-corrected chi connectivity index (χ2v) is 4.25. The summed E-state index contributed by atoms with van der Waals surface area (Å²) in [7, 11) is 0. The summed E-state index contributed by atoms with van der Waals surface area (Å²) >= 11 is 0. The molecule has 0 heterocycles. The van der Waals surface area contributed by atoms with Crippen LogP contribution in [0.2, 0.25) is 0 Å². The van der Waals surface area contributed by atoms with Crippen molar-refractivity contribution in [2.75, 3.05) is 0 Å². The number of hydrogen-bond donors (Lipinski definition) is 2. The number of nitrogens with two attached hydrogens (primary N) is 1. The molecular formula is C11H16FNO. The van der Waals surface area contributed by atoms with Crippen molar-refractivity contribution < 1.29 is 9.50 Å². The van der Waals surface area contributed by atoms with Crippen molar-refractivity contribution in [1.82, 2.24) is 0 Å². The smallest absolute Gasteiger partial charge is 0.126 e. The average Bonchev–Trinajstić information content (AvgIpc) is 2.06. The first kappa shape index (κ1) is 11.1. The normalized spacial score (nSPS) is 11.8. The molecule has 0 unspecified atom stereocenters. The maximum Gasteiger partial charge on any atom is 0.126 e. The fourth-order valence-corrected chi connectivity index (χ4v) is 1.35. The van der Waals surface area contributed by atoms with Crippen molar-refractivity contribution in [3.05, 3.63) is 35.1 Å². The maximum absolute atomic E-state index is 13.3. The molecule has 3 heteroatoms. The minimum atomic E-state index is -0.436. The minimum Gasteiger partial charge on any atom is -0.392 e. The molecule has 0 saturated heterocycles. The minimum absolute atomic E-state index is 0.0712. The zero-order valence-corrected chi connectivity index (χ0v) is 8.55. The Labute approximate surface area is 83.6 Å². The van der Waals surface area contributed by atoms with Crippen molar-refractivity contribution in [2.24, 2.45) is 5.73 Å². The fraction of sp³-hybridized carbons (Fsp3) is 0.455. The molecule has 0 aliphatic rings. The fourth-order valence-electron chi connectivity index (χ4n) is 1.35. The van der Waals surface area contributed by atoms with Gasteiger partial charge in [-0.1, -0.05) is 12.1 Å². The van der Waals surface area contributed by atoms with Gasteiger partial charge in [-0.05, 0) is 37.5 Å². The van der Waals surface area contributed by atoms with Crippen LogP contribution >= 0.6 is 0 Å². The Bertz CT molecular complexity index is 318. The molecule has 1 rings (SSSR count). The van der Waals surface area contributed by atoms with Crippen LogP contribution in [0.15, 0.2) is 18.2 Å². The molecule has 0 spiro atoms. The third-order valence-electron chi connectivity index (χ3n) is 1.94. The van der Waals surface area contributed by atoms with Gasteiger partial charge >= 0.3 is 0 Å². The summed E-state index contributed by atoms with van der Waals surface area (Å²) in [4.78, 5) is 0. The van der Waals surface area contributed by atoms with Gasteiger partial charge in [0.25, 0.3) is 0 Å². The lowest BCUT2D eigenvalue weighted by molar-refractivity contribution is 0.281. The number of rotatable bonds is 3. The van der Waals surface area contributed by atoms with Gasteiger partial charge in [0.2, 0.25) is 0 Å². The largest absolute Gasteiger partial charge is 0.392 e. The molecule has 0 saturated carbocycles. The molecule has 78 valence electrons. The van der Waals surface area contributed by atoms with E-state index in [1.165, 1.54) is 6.07 Å². The average molecular weight is 197 g/mol. The lowest BCUT2D eigenvalue weighted by Gasteiger charge is -2.19. The zero-order valence-electron chi connectivity index (χ0n) is 8.55. The van der Waals surface area contributed by atoms with Crippen LogP contribution in [0.5, 0.6) is 0 Å². The van der Waals surface area contributed by atoms with Gasteiger partial charge in [-0.25, -0.2) is 4.39 Å². The van der Waals surface area contributed by atoms with Crippen molar-refractivity contribution >= 4 is 0 Å². The highest BCUT2D eigenvalue weighted by atomic mass is 19.1. The predicted molar refractivity (Wildman–Crippen MR) is 54.3 cm³/mol. The first-order valence-corrected chi connectivity index (χ1v) is 4.59. The first-order chi connectivity index (χ1) is 6.42. The molecule has 0 aromatic heterocycles. The highest BCUT2D eigenvalue weighted by Gasteiger charge is 2.14. The monoisotopic (exact) mass is 197 g/mol. The Morgan fingerprint density at radius 1 is 1.43 bits per heavy atom. The third-order valence-corrected chi connectivity index (χ3v) is 1.94. The Hall–Kier alpha value is -0.930. The van der Waals surface area contributed by atoms with E-state index in [4.69, 9.17) is 10.8 Å². The van der Waals surface area contributed by atoms with Gasteiger partial charge in [0.05, 0.1) is 6.61 Å². The van der Waals surface area contributed by atoms with Crippen LogP contribution in [0, 0.1) is 5.82 Å². The molecule has 0 aliphatic heterocycles. The summed E-state index contributed by atoms with van der Waals surface area (Å²) in [6.07, 6.45) is 0.465. The lowest BCUT2D eigenvalue weighted by Crippen LogP contribution is -2.34. The van der Waals surface area contributed by atoms with Gasteiger partial charge in [0.15, 0.2) is 0 Å². The van der Waals surface area contributed by atoms with Gasteiger partial charge in [0.1, 0.15) is 5.82 Å². The Kier molecular flexibility index (Phi) is 3.24. The topological polar surface area (TPSA) is 46.2 Å². The van der Waals surface area contributed by atoms with Crippen molar-refractivity contribution in [3.8, 4) is 0 Å². The molecule has 0 bridgehead atoms. The van der Waals surface area contributed by atoms with Gasteiger partial charge < -0.3 is 10.8 Å².